The Morgan fingerprint density at radius 3 is 2.45 bits per heavy atom. The lowest BCUT2D eigenvalue weighted by molar-refractivity contribution is -0.131. The summed E-state index contributed by atoms with van der Waals surface area (Å²) in [5, 5.41) is 17.0. The van der Waals surface area contributed by atoms with Gasteiger partial charge < -0.3 is 30.3 Å². The Kier molecular flexibility index (Phi) is 7.12. The van der Waals surface area contributed by atoms with Gasteiger partial charge in [0.15, 0.2) is 0 Å². The minimum absolute atomic E-state index is 0.0509. The van der Waals surface area contributed by atoms with Crippen molar-refractivity contribution in [3.05, 3.63) is 78.4 Å². The summed E-state index contributed by atoms with van der Waals surface area (Å²) in [7, 11) is 0. The number of hydrogen-bond acceptors (Lipinski definition) is 5. The number of alkyl carbamates (subject to hydrolysis) is 1. The second kappa shape index (κ2) is 10.8. The van der Waals surface area contributed by atoms with Gasteiger partial charge in [-0.2, -0.15) is 0 Å². The molecule has 3 atom stereocenters. The molecule has 2 fully saturated rings. The molecule has 3 unspecified atom stereocenters. The molecule has 10 heteroatoms. The summed E-state index contributed by atoms with van der Waals surface area (Å²) in [6.45, 7) is 0.0230. The zero-order valence-electron chi connectivity index (χ0n) is 20.6. The summed E-state index contributed by atoms with van der Waals surface area (Å²) in [6, 6.07) is 21.3. The van der Waals surface area contributed by atoms with E-state index in [1.54, 1.807) is 6.07 Å². The van der Waals surface area contributed by atoms with Crippen molar-refractivity contribution in [1.29, 1.82) is 0 Å². The average molecular weight is 517 g/mol. The van der Waals surface area contributed by atoms with Gasteiger partial charge in [0.05, 0.1) is 18.0 Å². The van der Waals surface area contributed by atoms with Gasteiger partial charge >= 0.3 is 12.2 Å². The Morgan fingerprint density at radius 2 is 1.66 bits per heavy atom. The third-order valence-corrected chi connectivity index (χ3v) is 7.17. The molecular weight excluding hydrogens is 488 g/mol. The molecule has 2 heterocycles. The summed E-state index contributed by atoms with van der Waals surface area (Å²) in [4.78, 5) is 53.4. The quantitative estimate of drug-likeness (QED) is 0.461. The molecule has 3 aromatic carbocycles. The Morgan fingerprint density at radius 1 is 0.921 bits per heavy atom. The first-order valence-electron chi connectivity index (χ1n) is 12.4. The van der Waals surface area contributed by atoms with Crippen LogP contribution >= 0.6 is 0 Å². The highest BCUT2D eigenvalue weighted by Crippen LogP contribution is 2.37. The van der Waals surface area contributed by atoms with Crippen LogP contribution in [-0.2, 0) is 20.9 Å². The fraction of sp³-hybridized carbons (Fsp3) is 0.286. The van der Waals surface area contributed by atoms with Crippen LogP contribution in [0.1, 0.15) is 12.0 Å². The van der Waals surface area contributed by atoms with Crippen molar-refractivity contribution in [2.24, 2.45) is 5.92 Å². The number of nitrogens with zero attached hydrogens (tertiary/aromatic N) is 2. The highest BCUT2D eigenvalue weighted by molar-refractivity contribution is 6.03. The molecule has 0 bridgehead atoms. The van der Waals surface area contributed by atoms with Crippen LogP contribution in [-0.4, -0.2) is 70.6 Å². The number of rotatable bonds is 6. The number of carboxylic acid groups (broad SMARTS) is 1. The van der Waals surface area contributed by atoms with E-state index in [9.17, 15) is 24.3 Å². The Labute approximate surface area is 219 Å². The predicted octanol–water partition coefficient (Wildman–Crippen LogP) is 3.28. The van der Waals surface area contributed by atoms with Crippen LogP contribution in [0.25, 0.3) is 10.8 Å². The predicted molar refractivity (Wildman–Crippen MR) is 139 cm³/mol. The largest absolute Gasteiger partial charge is 0.465 e. The minimum Gasteiger partial charge on any atom is -0.465 e. The van der Waals surface area contributed by atoms with E-state index in [1.807, 2.05) is 66.7 Å². The second-order valence-corrected chi connectivity index (χ2v) is 9.41. The molecule has 5 rings (SSSR count). The molecular formula is C28H28N4O6. The van der Waals surface area contributed by atoms with Crippen LogP contribution in [0.15, 0.2) is 72.8 Å². The van der Waals surface area contributed by atoms with Crippen LogP contribution < -0.4 is 10.6 Å². The molecule has 2 aliphatic rings. The van der Waals surface area contributed by atoms with Crippen molar-refractivity contribution >= 4 is 40.5 Å². The molecule has 2 saturated heterocycles. The molecule has 3 N–H and O–H groups in total. The first-order valence-corrected chi connectivity index (χ1v) is 12.4. The highest BCUT2D eigenvalue weighted by Gasteiger charge is 2.54. The highest BCUT2D eigenvalue weighted by atomic mass is 16.5. The molecule has 2 aliphatic heterocycles. The van der Waals surface area contributed by atoms with Gasteiger partial charge in [0.1, 0.15) is 13.2 Å². The summed E-state index contributed by atoms with van der Waals surface area (Å²) in [6.07, 6.45) is -1.45. The average Bonchev–Trinajstić information content (AvgIpc) is 3.52. The lowest BCUT2D eigenvalue weighted by Crippen LogP contribution is -2.46. The van der Waals surface area contributed by atoms with Gasteiger partial charge in [-0.05, 0) is 23.4 Å². The van der Waals surface area contributed by atoms with Crippen LogP contribution in [0.2, 0.25) is 0 Å². The van der Waals surface area contributed by atoms with Gasteiger partial charge in [0.25, 0.3) is 0 Å². The van der Waals surface area contributed by atoms with E-state index in [2.05, 4.69) is 10.6 Å². The monoisotopic (exact) mass is 516 g/mol. The molecule has 0 aromatic heterocycles. The smallest absolute Gasteiger partial charge is 0.407 e. The fourth-order valence-corrected chi connectivity index (χ4v) is 5.41. The molecule has 3 aromatic rings. The van der Waals surface area contributed by atoms with E-state index in [-0.39, 0.29) is 32.1 Å². The van der Waals surface area contributed by atoms with E-state index >= 15 is 0 Å². The van der Waals surface area contributed by atoms with Gasteiger partial charge in [-0.25, -0.2) is 9.59 Å². The lowest BCUT2D eigenvalue weighted by atomic mass is 9.98. The van der Waals surface area contributed by atoms with Gasteiger partial charge in [-0.15, -0.1) is 0 Å². The normalized spacial score (nSPS) is 20.2. The van der Waals surface area contributed by atoms with Crippen LogP contribution in [0, 0.1) is 5.92 Å². The number of anilines is 1. The standard InChI is InChI=1S/C28H28N4O6/c33-24(15-29-27(35)38-17-18-7-2-1-3-8-18)32-16-21(25-23(32)13-14-31(25)28(36)37)26(34)30-22-12-6-10-19-9-4-5-11-20(19)22/h1-12,21,23,25H,13-17H2,(H,29,35)(H,30,34)(H,36,37). The summed E-state index contributed by atoms with van der Waals surface area (Å²) < 4.78 is 5.17. The maximum absolute atomic E-state index is 13.5. The topological polar surface area (TPSA) is 128 Å². The SMILES string of the molecule is O=C(NCC(=O)N1CC(C(=O)Nc2cccc3ccccc23)C2C1CCN2C(=O)O)OCc1ccccc1. The van der Waals surface area contributed by atoms with Crippen molar-refractivity contribution < 1.29 is 29.0 Å². The van der Waals surface area contributed by atoms with Gasteiger partial charge in [-0.1, -0.05) is 66.7 Å². The van der Waals surface area contributed by atoms with Crippen LogP contribution in [0.4, 0.5) is 15.3 Å². The van der Waals surface area contributed by atoms with Crippen molar-refractivity contribution in [3.8, 4) is 0 Å². The van der Waals surface area contributed by atoms with Crippen LogP contribution in [0.5, 0.6) is 0 Å². The molecule has 196 valence electrons. The van der Waals surface area contributed by atoms with Crippen molar-refractivity contribution in [2.45, 2.75) is 25.1 Å². The first-order chi connectivity index (χ1) is 18.4. The Balaban J connectivity index is 1.26. The molecule has 0 spiro atoms. The number of amides is 4. The van der Waals surface area contributed by atoms with Crippen molar-refractivity contribution in [2.75, 3.05) is 25.0 Å². The van der Waals surface area contributed by atoms with Crippen LogP contribution in [0.3, 0.4) is 0 Å². The van der Waals surface area contributed by atoms with E-state index in [1.165, 1.54) is 9.80 Å². The zero-order chi connectivity index (χ0) is 26.6. The van der Waals surface area contributed by atoms with Gasteiger partial charge in [-0.3, -0.25) is 9.59 Å². The number of fused-ring (bicyclic) bond motifs is 2. The Hall–Kier alpha value is -4.60. The lowest BCUT2D eigenvalue weighted by Gasteiger charge is -2.25. The molecule has 0 saturated carbocycles. The minimum atomic E-state index is -1.13. The number of carbonyl (C=O) groups excluding carboxylic acids is 3. The van der Waals surface area contributed by atoms with Gasteiger partial charge in [0, 0.05) is 24.2 Å². The van der Waals surface area contributed by atoms with E-state index in [0.717, 1.165) is 16.3 Å². The molecule has 4 amide bonds. The molecule has 10 nitrogen and oxygen atoms in total. The second-order valence-electron chi connectivity index (χ2n) is 9.41. The van der Waals surface area contributed by atoms with E-state index < -0.39 is 36.1 Å². The van der Waals surface area contributed by atoms with Gasteiger partial charge in [0.2, 0.25) is 11.8 Å². The number of benzene rings is 3. The third-order valence-electron chi connectivity index (χ3n) is 7.17. The summed E-state index contributed by atoms with van der Waals surface area (Å²) >= 11 is 0. The number of hydrogen-bond donors (Lipinski definition) is 3. The maximum atomic E-state index is 13.5. The molecule has 38 heavy (non-hydrogen) atoms. The van der Waals surface area contributed by atoms with Crippen molar-refractivity contribution in [1.82, 2.24) is 15.1 Å². The van der Waals surface area contributed by atoms with E-state index in [0.29, 0.717) is 12.1 Å². The Bertz CT molecular complexity index is 1360. The maximum Gasteiger partial charge on any atom is 0.407 e. The third kappa shape index (κ3) is 5.10. The first kappa shape index (κ1) is 25.1. The molecule has 0 radical (unpaired) electrons. The summed E-state index contributed by atoms with van der Waals surface area (Å²) in [5.74, 6) is -1.51. The number of ether oxygens (including phenoxy) is 1. The zero-order valence-corrected chi connectivity index (χ0v) is 20.6. The number of carbonyl (C=O) groups is 4. The number of nitrogens with one attached hydrogen (secondary N) is 2. The van der Waals surface area contributed by atoms with E-state index in [4.69, 9.17) is 4.74 Å². The number of likely N-dealkylation sites (tertiary alicyclic amines) is 2. The fourth-order valence-electron chi connectivity index (χ4n) is 5.41. The summed E-state index contributed by atoms with van der Waals surface area (Å²) in [5.41, 5.74) is 1.44. The van der Waals surface area contributed by atoms with Crippen molar-refractivity contribution in [3.63, 3.8) is 0 Å². The molecule has 0 aliphatic carbocycles.